The molecule has 6 nitrogen and oxygen atoms in total. The average Bonchev–Trinajstić information content (AvgIpc) is 2.74. The van der Waals surface area contributed by atoms with Gasteiger partial charge in [-0.15, -0.1) is 0 Å². The zero-order valence-electron chi connectivity index (χ0n) is 19.0. The third-order valence-corrected chi connectivity index (χ3v) is 7.09. The fourth-order valence-corrected chi connectivity index (χ4v) is 4.96. The van der Waals surface area contributed by atoms with Gasteiger partial charge >= 0.3 is 5.97 Å². The normalized spacial score (nSPS) is 23.7. The van der Waals surface area contributed by atoms with E-state index >= 15 is 0 Å². The highest BCUT2D eigenvalue weighted by atomic mass is 16.5. The van der Waals surface area contributed by atoms with E-state index in [0.29, 0.717) is 24.1 Å². The van der Waals surface area contributed by atoms with E-state index in [0.717, 1.165) is 55.1 Å². The van der Waals surface area contributed by atoms with E-state index < -0.39 is 5.97 Å². The van der Waals surface area contributed by atoms with Crippen molar-refractivity contribution in [3.8, 4) is 5.88 Å². The number of hydrogen-bond acceptors (Lipinski definition) is 5. The Morgan fingerprint density at radius 3 is 2.35 bits per heavy atom. The Bertz CT molecular complexity index is 908. The van der Waals surface area contributed by atoms with Crippen molar-refractivity contribution < 1.29 is 14.6 Å². The summed E-state index contributed by atoms with van der Waals surface area (Å²) in [6, 6.07) is 8.10. The molecule has 0 radical (unpaired) electrons. The van der Waals surface area contributed by atoms with Crippen molar-refractivity contribution in [2.24, 2.45) is 17.3 Å². The van der Waals surface area contributed by atoms with Gasteiger partial charge in [-0.05, 0) is 81.1 Å². The maximum atomic E-state index is 11.1. The molecule has 0 spiro atoms. The van der Waals surface area contributed by atoms with E-state index in [2.05, 4.69) is 31.7 Å². The van der Waals surface area contributed by atoms with Gasteiger partial charge < -0.3 is 9.84 Å². The highest BCUT2D eigenvalue weighted by Gasteiger charge is 2.30. The molecule has 1 saturated carbocycles. The summed E-state index contributed by atoms with van der Waals surface area (Å²) in [7, 11) is 0. The van der Waals surface area contributed by atoms with Gasteiger partial charge in [0.1, 0.15) is 6.10 Å². The summed E-state index contributed by atoms with van der Waals surface area (Å²) in [5, 5.41) is 10.2. The average molecular weight is 426 g/mol. The summed E-state index contributed by atoms with van der Waals surface area (Å²) in [6.07, 6.45) is 6.24. The van der Waals surface area contributed by atoms with Crippen molar-refractivity contribution in [1.82, 2.24) is 14.9 Å². The molecule has 6 heteroatoms. The summed E-state index contributed by atoms with van der Waals surface area (Å²) >= 11 is 0. The molecule has 0 atom stereocenters. The number of carboxylic acid groups (broad SMARTS) is 1. The van der Waals surface area contributed by atoms with Gasteiger partial charge in [0.25, 0.3) is 0 Å². The Morgan fingerprint density at radius 2 is 1.71 bits per heavy atom. The van der Waals surface area contributed by atoms with Crippen LogP contribution in [0.5, 0.6) is 5.88 Å². The second-order valence-electron chi connectivity index (χ2n) is 10.3. The molecule has 2 aromatic rings. The molecule has 2 aliphatic rings. The number of nitrogens with zero attached hydrogens (tertiary/aromatic N) is 3. The Kier molecular flexibility index (Phi) is 6.47. The molecule has 1 aliphatic carbocycles. The lowest BCUT2D eigenvalue weighted by Crippen LogP contribution is -2.36. The number of aromatic nitrogens is 2. The van der Waals surface area contributed by atoms with Crippen molar-refractivity contribution in [3.63, 3.8) is 0 Å². The van der Waals surface area contributed by atoms with Gasteiger partial charge in [0.2, 0.25) is 5.88 Å². The van der Waals surface area contributed by atoms with Gasteiger partial charge in [-0.3, -0.25) is 9.69 Å². The maximum Gasteiger partial charge on any atom is 0.306 e. The van der Waals surface area contributed by atoms with E-state index in [1.165, 1.54) is 12.8 Å². The molecule has 0 bridgehead atoms. The molecule has 3 heterocycles. The zero-order valence-corrected chi connectivity index (χ0v) is 19.0. The molecular formula is C25H35N3O3. The molecule has 2 fully saturated rings. The third kappa shape index (κ3) is 5.53. The SMILES string of the molecule is CC(C)(C)C1CCC(Oc2ccc3ccc(CN4CCC(C(=O)O)CC4)nc3n2)CC1. The number of likely N-dealkylation sites (tertiary alicyclic amines) is 1. The van der Waals surface area contributed by atoms with E-state index in [-0.39, 0.29) is 12.0 Å². The molecule has 1 N–H and O–H groups in total. The number of hydrogen-bond donors (Lipinski definition) is 1. The molecule has 0 unspecified atom stereocenters. The maximum absolute atomic E-state index is 11.1. The van der Waals surface area contributed by atoms with Gasteiger partial charge in [-0.1, -0.05) is 20.8 Å². The van der Waals surface area contributed by atoms with Crippen LogP contribution >= 0.6 is 0 Å². The van der Waals surface area contributed by atoms with Gasteiger partial charge in [0, 0.05) is 18.0 Å². The molecule has 0 aromatic carbocycles. The molecule has 1 saturated heterocycles. The van der Waals surface area contributed by atoms with E-state index in [4.69, 9.17) is 14.7 Å². The number of fused-ring (bicyclic) bond motifs is 1. The Morgan fingerprint density at radius 1 is 1.03 bits per heavy atom. The van der Waals surface area contributed by atoms with Crippen molar-refractivity contribution in [2.45, 2.75) is 71.9 Å². The van der Waals surface area contributed by atoms with Crippen molar-refractivity contribution >= 4 is 17.0 Å². The highest BCUT2D eigenvalue weighted by Crippen LogP contribution is 2.38. The number of aliphatic carboxylic acids is 1. The lowest BCUT2D eigenvalue weighted by molar-refractivity contribution is -0.143. The first-order valence-electron chi connectivity index (χ1n) is 11.7. The first kappa shape index (κ1) is 22.0. The first-order valence-corrected chi connectivity index (χ1v) is 11.7. The predicted molar refractivity (Wildman–Crippen MR) is 121 cm³/mol. The lowest BCUT2D eigenvalue weighted by atomic mass is 9.72. The minimum absolute atomic E-state index is 0.208. The summed E-state index contributed by atoms with van der Waals surface area (Å²) < 4.78 is 6.23. The molecule has 31 heavy (non-hydrogen) atoms. The number of carboxylic acids is 1. The Labute approximate surface area is 185 Å². The topological polar surface area (TPSA) is 75.5 Å². The van der Waals surface area contributed by atoms with Crippen LogP contribution in [0.1, 0.15) is 65.0 Å². The second-order valence-corrected chi connectivity index (χ2v) is 10.3. The van der Waals surface area contributed by atoms with Gasteiger partial charge in [-0.25, -0.2) is 4.98 Å². The monoisotopic (exact) mass is 425 g/mol. The summed E-state index contributed by atoms with van der Waals surface area (Å²) in [4.78, 5) is 22.9. The van der Waals surface area contributed by atoms with Crippen LogP contribution in [-0.2, 0) is 11.3 Å². The first-order chi connectivity index (χ1) is 14.8. The van der Waals surface area contributed by atoms with E-state index in [1.807, 2.05) is 18.2 Å². The van der Waals surface area contributed by atoms with Crippen LogP contribution in [-0.4, -0.2) is 45.1 Å². The Balaban J connectivity index is 1.37. The number of carbonyl (C=O) groups is 1. The van der Waals surface area contributed by atoms with Crippen LogP contribution in [0.2, 0.25) is 0 Å². The second kappa shape index (κ2) is 9.11. The van der Waals surface area contributed by atoms with E-state index in [9.17, 15) is 9.90 Å². The number of rotatable bonds is 5. The molecule has 168 valence electrons. The summed E-state index contributed by atoms with van der Waals surface area (Å²) in [5.74, 6) is 0.549. The molecule has 0 amide bonds. The van der Waals surface area contributed by atoms with Gasteiger partial charge in [0.15, 0.2) is 5.65 Å². The Hall–Kier alpha value is -2.21. The number of pyridine rings is 2. The largest absolute Gasteiger partial charge is 0.481 e. The van der Waals surface area contributed by atoms with Crippen molar-refractivity contribution in [2.75, 3.05) is 13.1 Å². The van der Waals surface area contributed by atoms with Crippen LogP contribution in [0.3, 0.4) is 0 Å². The minimum Gasteiger partial charge on any atom is -0.481 e. The number of piperidine rings is 1. The number of ether oxygens (including phenoxy) is 1. The summed E-state index contributed by atoms with van der Waals surface area (Å²) in [6.45, 7) is 9.32. The van der Waals surface area contributed by atoms with Crippen LogP contribution in [0.4, 0.5) is 0 Å². The smallest absolute Gasteiger partial charge is 0.306 e. The van der Waals surface area contributed by atoms with Crippen LogP contribution in [0.25, 0.3) is 11.0 Å². The fourth-order valence-electron chi connectivity index (χ4n) is 4.96. The van der Waals surface area contributed by atoms with Gasteiger partial charge in [0.05, 0.1) is 11.6 Å². The van der Waals surface area contributed by atoms with Crippen molar-refractivity contribution in [3.05, 3.63) is 30.0 Å². The third-order valence-electron chi connectivity index (χ3n) is 7.09. The van der Waals surface area contributed by atoms with Crippen LogP contribution in [0, 0.1) is 17.3 Å². The van der Waals surface area contributed by atoms with Gasteiger partial charge in [-0.2, -0.15) is 4.98 Å². The standard InChI is InChI=1S/C25H35N3O3/c1-25(2,3)19-6-9-21(10-7-19)31-22-11-5-17-4-8-20(26-23(17)27-22)16-28-14-12-18(13-15-28)24(29)30/h4-5,8,11,18-19,21H,6-7,9-10,12-16H2,1-3H3,(H,29,30). The van der Waals surface area contributed by atoms with E-state index in [1.54, 1.807) is 0 Å². The predicted octanol–water partition coefficient (Wildman–Crippen LogP) is 4.91. The zero-order chi connectivity index (χ0) is 22.0. The quantitative estimate of drug-likeness (QED) is 0.734. The van der Waals surface area contributed by atoms with Crippen LogP contribution in [0.15, 0.2) is 24.3 Å². The molecule has 2 aromatic heterocycles. The minimum atomic E-state index is -0.674. The lowest BCUT2D eigenvalue weighted by Gasteiger charge is -2.36. The van der Waals surface area contributed by atoms with Crippen molar-refractivity contribution in [1.29, 1.82) is 0 Å². The molecule has 4 rings (SSSR count). The highest BCUT2D eigenvalue weighted by molar-refractivity contribution is 5.75. The summed E-state index contributed by atoms with van der Waals surface area (Å²) in [5.41, 5.74) is 2.06. The fraction of sp³-hybridized carbons (Fsp3) is 0.640. The molecule has 1 aliphatic heterocycles. The van der Waals surface area contributed by atoms with Crippen LogP contribution < -0.4 is 4.74 Å². The molecular weight excluding hydrogens is 390 g/mol.